The van der Waals surface area contributed by atoms with Crippen LogP contribution in [0.4, 0.5) is 0 Å². The number of nitrogens with zero attached hydrogens (tertiary/aromatic N) is 2. The predicted molar refractivity (Wildman–Crippen MR) is 69.3 cm³/mol. The second-order valence-electron chi connectivity index (χ2n) is 4.72. The van der Waals surface area contributed by atoms with Gasteiger partial charge < -0.3 is 4.90 Å². The van der Waals surface area contributed by atoms with Gasteiger partial charge in [-0.15, -0.1) is 0 Å². The van der Waals surface area contributed by atoms with Gasteiger partial charge in [-0.25, -0.2) is 0 Å². The summed E-state index contributed by atoms with van der Waals surface area (Å²) in [5.41, 5.74) is 0.425. The summed E-state index contributed by atoms with van der Waals surface area (Å²) in [5.74, 6) is -0.896. The lowest BCUT2D eigenvalue weighted by Gasteiger charge is -2.24. The number of carbonyl (C=O) groups is 3. The summed E-state index contributed by atoms with van der Waals surface area (Å²) in [6, 6.07) is 7.88. The maximum Gasteiger partial charge on any atom is 0.261 e. The highest BCUT2D eigenvalue weighted by Crippen LogP contribution is 2.22. The molecule has 0 aliphatic carbocycles. The molecule has 0 spiro atoms. The van der Waals surface area contributed by atoms with Crippen molar-refractivity contribution in [2.75, 3.05) is 14.1 Å². The van der Waals surface area contributed by atoms with Crippen molar-refractivity contribution in [3.05, 3.63) is 35.9 Å². The Morgan fingerprint density at radius 2 is 1.84 bits per heavy atom. The van der Waals surface area contributed by atoms with E-state index >= 15 is 0 Å². The molecule has 0 aromatic heterocycles. The molecule has 0 saturated carbocycles. The number of hydrogen-bond donors (Lipinski definition) is 0. The maximum atomic E-state index is 12.3. The monoisotopic (exact) mass is 260 g/mol. The van der Waals surface area contributed by atoms with E-state index in [2.05, 4.69) is 0 Å². The van der Waals surface area contributed by atoms with Gasteiger partial charge in [-0.3, -0.25) is 19.3 Å². The van der Waals surface area contributed by atoms with E-state index in [9.17, 15) is 14.4 Å². The minimum absolute atomic E-state index is 0.213. The first kappa shape index (κ1) is 13.3. The number of hydrogen-bond acceptors (Lipinski definition) is 3. The standard InChI is InChI=1S/C14H16N2O3/c1-15(2)14(19)11-8-9-12(17)16(11)13(18)10-6-4-3-5-7-10/h3-7,11H,8-9H2,1-2H3. The Kier molecular flexibility index (Phi) is 3.64. The minimum atomic E-state index is -0.671. The molecule has 2 rings (SSSR count). The molecule has 3 amide bonds. The lowest BCUT2D eigenvalue weighted by molar-refractivity contribution is -0.137. The molecule has 1 aliphatic heterocycles. The van der Waals surface area contributed by atoms with Gasteiger partial charge in [0.2, 0.25) is 11.8 Å². The van der Waals surface area contributed by atoms with Crippen molar-refractivity contribution in [3.63, 3.8) is 0 Å². The Bertz CT molecular complexity index is 511. The van der Waals surface area contributed by atoms with Crippen LogP contribution in [0.1, 0.15) is 23.2 Å². The van der Waals surface area contributed by atoms with E-state index in [0.717, 1.165) is 4.90 Å². The van der Waals surface area contributed by atoms with E-state index in [4.69, 9.17) is 0 Å². The van der Waals surface area contributed by atoms with Crippen LogP contribution in [0.25, 0.3) is 0 Å². The zero-order valence-electron chi connectivity index (χ0n) is 11.0. The molecule has 1 aromatic carbocycles. The Labute approximate surface area is 111 Å². The van der Waals surface area contributed by atoms with Crippen molar-refractivity contribution >= 4 is 17.7 Å². The number of likely N-dealkylation sites (tertiary alicyclic amines) is 1. The Morgan fingerprint density at radius 3 is 2.42 bits per heavy atom. The minimum Gasteiger partial charge on any atom is -0.347 e. The smallest absolute Gasteiger partial charge is 0.261 e. The summed E-state index contributed by atoms with van der Waals surface area (Å²) in [7, 11) is 3.24. The van der Waals surface area contributed by atoms with Gasteiger partial charge in [0.05, 0.1) is 0 Å². The van der Waals surface area contributed by atoms with Gasteiger partial charge in [0.1, 0.15) is 6.04 Å². The van der Waals surface area contributed by atoms with Crippen LogP contribution in [0.3, 0.4) is 0 Å². The molecule has 0 N–H and O–H groups in total. The summed E-state index contributed by atoms with van der Waals surface area (Å²) >= 11 is 0. The summed E-state index contributed by atoms with van der Waals surface area (Å²) in [4.78, 5) is 38.7. The van der Waals surface area contributed by atoms with Crippen LogP contribution in [-0.4, -0.2) is 47.7 Å². The lowest BCUT2D eigenvalue weighted by atomic mass is 10.1. The first-order chi connectivity index (χ1) is 9.02. The lowest BCUT2D eigenvalue weighted by Crippen LogP contribution is -2.47. The van der Waals surface area contributed by atoms with Crippen LogP contribution in [0.5, 0.6) is 0 Å². The van der Waals surface area contributed by atoms with E-state index in [0.29, 0.717) is 12.0 Å². The predicted octanol–water partition coefficient (Wildman–Crippen LogP) is 0.906. The van der Waals surface area contributed by atoms with Crippen molar-refractivity contribution in [2.45, 2.75) is 18.9 Å². The number of likely N-dealkylation sites (N-methyl/N-ethyl adjacent to an activating group) is 1. The molecule has 1 aromatic rings. The summed E-state index contributed by atoms with van der Waals surface area (Å²) in [6.07, 6.45) is 0.636. The normalized spacial score (nSPS) is 18.5. The van der Waals surface area contributed by atoms with E-state index in [-0.39, 0.29) is 18.2 Å². The molecule has 0 radical (unpaired) electrons. The average molecular weight is 260 g/mol. The second kappa shape index (κ2) is 5.22. The molecule has 5 heteroatoms. The Balaban J connectivity index is 2.28. The topological polar surface area (TPSA) is 57.7 Å². The molecule has 0 bridgehead atoms. The number of benzene rings is 1. The zero-order valence-corrected chi connectivity index (χ0v) is 11.0. The van der Waals surface area contributed by atoms with Crippen molar-refractivity contribution < 1.29 is 14.4 Å². The van der Waals surface area contributed by atoms with Crippen molar-refractivity contribution in [1.29, 1.82) is 0 Å². The van der Waals surface area contributed by atoms with Gasteiger partial charge in [0, 0.05) is 26.1 Å². The fourth-order valence-electron chi connectivity index (χ4n) is 2.19. The molecule has 5 nitrogen and oxygen atoms in total. The molecule has 1 heterocycles. The highest BCUT2D eigenvalue weighted by Gasteiger charge is 2.41. The third-order valence-electron chi connectivity index (χ3n) is 3.18. The average Bonchev–Trinajstić information content (AvgIpc) is 2.79. The molecule has 1 aliphatic rings. The third kappa shape index (κ3) is 2.50. The quantitative estimate of drug-likeness (QED) is 0.742. The summed E-state index contributed by atoms with van der Waals surface area (Å²) < 4.78 is 0. The van der Waals surface area contributed by atoms with Crippen LogP contribution < -0.4 is 0 Å². The zero-order chi connectivity index (χ0) is 14.0. The van der Waals surface area contributed by atoms with Crippen LogP contribution in [0.2, 0.25) is 0 Å². The van der Waals surface area contributed by atoms with Crippen LogP contribution >= 0.6 is 0 Å². The first-order valence-electron chi connectivity index (χ1n) is 6.15. The van der Waals surface area contributed by atoms with Crippen molar-refractivity contribution in [1.82, 2.24) is 9.80 Å². The molecular formula is C14H16N2O3. The first-order valence-corrected chi connectivity index (χ1v) is 6.15. The van der Waals surface area contributed by atoms with Gasteiger partial charge in [0.15, 0.2) is 0 Å². The Morgan fingerprint density at radius 1 is 1.21 bits per heavy atom. The second-order valence-corrected chi connectivity index (χ2v) is 4.72. The fraction of sp³-hybridized carbons (Fsp3) is 0.357. The van der Waals surface area contributed by atoms with E-state index < -0.39 is 11.9 Å². The van der Waals surface area contributed by atoms with Gasteiger partial charge >= 0.3 is 0 Å². The van der Waals surface area contributed by atoms with Crippen molar-refractivity contribution in [3.8, 4) is 0 Å². The summed E-state index contributed by atoms with van der Waals surface area (Å²) in [5, 5.41) is 0. The Hall–Kier alpha value is -2.17. The van der Waals surface area contributed by atoms with Crippen LogP contribution in [0, 0.1) is 0 Å². The molecule has 19 heavy (non-hydrogen) atoms. The maximum absolute atomic E-state index is 12.3. The highest BCUT2D eigenvalue weighted by molar-refractivity contribution is 6.09. The largest absolute Gasteiger partial charge is 0.347 e. The van der Waals surface area contributed by atoms with E-state index in [1.165, 1.54) is 4.90 Å². The molecule has 1 unspecified atom stereocenters. The molecule has 1 saturated heterocycles. The molecule has 100 valence electrons. The van der Waals surface area contributed by atoms with Gasteiger partial charge in [0.25, 0.3) is 5.91 Å². The third-order valence-corrected chi connectivity index (χ3v) is 3.18. The number of rotatable bonds is 2. The summed E-state index contributed by atoms with van der Waals surface area (Å²) in [6.45, 7) is 0. The van der Waals surface area contributed by atoms with Gasteiger partial charge in [-0.2, -0.15) is 0 Å². The van der Waals surface area contributed by atoms with Crippen LogP contribution in [0.15, 0.2) is 30.3 Å². The number of carbonyl (C=O) groups excluding carboxylic acids is 3. The van der Waals surface area contributed by atoms with E-state index in [1.807, 2.05) is 0 Å². The van der Waals surface area contributed by atoms with Gasteiger partial charge in [-0.1, -0.05) is 18.2 Å². The van der Waals surface area contributed by atoms with Gasteiger partial charge in [-0.05, 0) is 18.6 Å². The highest BCUT2D eigenvalue weighted by atomic mass is 16.2. The SMILES string of the molecule is CN(C)C(=O)C1CCC(=O)N1C(=O)c1ccccc1. The molecule has 1 atom stereocenters. The number of imide groups is 1. The van der Waals surface area contributed by atoms with E-state index in [1.54, 1.807) is 44.4 Å². The fourth-order valence-corrected chi connectivity index (χ4v) is 2.19. The van der Waals surface area contributed by atoms with Crippen LogP contribution in [-0.2, 0) is 9.59 Å². The number of amides is 3. The van der Waals surface area contributed by atoms with Crippen molar-refractivity contribution in [2.24, 2.45) is 0 Å². The molecule has 1 fully saturated rings. The molecular weight excluding hydrogens is 244 g/mol.